The van der Waals surface area contributed by atoms with E-state index in [-0.39, 0.29) is 5.92 Å². The predicted molar refractivity (Wildman–Crippen MR) is 43.8 cm³/mol. The predicted octanol–water partition coefficient (Wildman–Crippen LogP) is 1.60. The van der Waals surface area contributed by atoms with Crippen molar-refractivity contribution in [2.45, 2.75) is 20.8 Å². The minimum atomic E-state index is 0.151. The molecule has 0 unspecified atom stereocenters. The third kappa shape index (κ3) is 4.26. The Hall–Kier alpha value is -1.17. The van der Waals surface area contributed by atoms with Gasteiger partial charge in [-0.3, -0.25) is 0 Å². The van der Waals surface area contributed by atoms with Crippen molar-refractivity contribution in [2.75, 3.05) is 6.61 Å². The van der Waals surface area contributed by atoms with E-state index in [1.54, 1.807) is 0 Å². The highest BCUT2D eigenvalue weighted by molar-refractivity contribution is 5.78. The van der Waals surface area contributed by atoms with Gasteiger partial charge < -0.3 is 9.57 Å². The summed E-state index contributed by atoms with van der Waals surface area (Å²) >= 11 is 0. The maximum absolute atomic E-state index is 4.93. The fourth-order valence-electron chi connectivity index (χ4n) is 0.430. The van der Waals surface area contributed by atoms with Crippen LogP contribution in [0.3, 0.4) is 0 Å². The van der Waals surface area contributed by atoms with Gasteiger partial charge in [0.1, 0.15) is 12.7 Å². The van der Waals surface area contributed by atoms with E-state index < -0.39 is 0 Å². The average Bonchev–Trinajstić information content (AvgIpc) is 1.97. The van der Waals surface area contributed by atoms with E-state index in [4.69, 9.17) is 16.0 Å². The Balaban J connectivity index is 3.99. The molecule has 0 aliphatic heterocycles. The molecule has 0 heterocycles. The van der Waals surface area contributed by atoms with Crippen LogP contribution in [0.25, 0.3) is 0 Å². The monoisotopic (exact) mass is 155 g/mol. The van der Waals surface area contributed by atoms with Crippen molar-refractivity contribution in [3.8, 4) is 12.5 Å². The lowest BCUT2D eigenvalue weighted by Crippen LogP contribution is -2.10. The second-order valence-corrected chi connectivity index (χ2v) is 2.22. The lowest BCUT2D eigenvalue weighted by molar-refractivity contribution is 0.149. The maximum Gasteiger partial charge on any atom is 0.245 e. The molecule has 0 atom stereocenters. The summed E-state index contributed by atoms with van der Waals surface area (Å²) in [5.41, 5.74) is 0. The van der Waals surface area contributed by atoms with Crippen LogP contribution in [0.2, 0.25) is 0 Å². The molecular formula is C8H13NO2. The molecule has 0 aliphatic rings. The van der Waals surface area contributed by atoms with Crippen molar-refractivity contribution >= 4 is 5.90 Å². The Bertz CT molecular complexity index is 167. The van der Waals surface area contributed by atoms with Gasteiger partial charge >= 0.3 is 0 Å². The van der Waals surface area contributed by atoms with Gasteiger partial charge in [0.15, 0.2) is 0 Å². The summed E-state index contributed by atoms with van der Waals surface area (Å²) in [5, 5.41) is 3.68. The quantitative estimate of drug-likeness (QED) is 0.268. The molecule has 0 saturated carbocycles. The zero-order valence-corrected chi connectivity index (χ0v) is 7.13. The van der Waals surface area contributed by atoms with Crippen molar-refractivity contribution in [3.05, 3.63) is 0 Å². The summed E-state index contributed by atoms with van der Waals surface area (Å²) < 4.78 is 4.76. The molecule has 11 heavy (non-hydrogen) atoms. The van der Waals surface area contributed by atoms with Crippen LogP contribution >= 0.6 is 0 Å². The van der Waals surface area contributed by atoms with Crippen molar-refractivity contribution < 1.29 is 9.57 Å². The molecule has 0 aromatic heterocycles. The molecule has 62 valence electrons. The zero-order chi connectivity index (χ0) is 8.69. The first-order valence-corrected chi connectivity index (χ1v) is 3.54. The standard InChI is InChI=1S/C8H13NO2/c1-5-10-8(7(3)4)9-11-6-2/h1,7H,6H2,2-4H3/b9-8-. The topological polar surface area (TPSA) is 30.8 Å². The molecule has 3 heteroatoms. The lowest BCUT2D eigenvalue weighted by atomic mass is 10.2. The van der Waals surface area contributed by atoms with E-state index >= 15 is 0 Å². The van der Waals surface area contributed by atoms with E-state index in [1.165, 1.54) is 0 Å². The van der Waals surface area contributed by atoms with E-state index in [0.29, 0.717) is 12.5 Å². The smallest absolute Gasteiger partial charge is 0.245 e. The summed E-state index contributed by atoms with van der Waals surface area (Å²) in [5.74, 6) is 0.590. The number of nitrogens with zero attached hydrogens (tertiary/aromatic N) is 1. The number of rotatable bonds is 3. The minimum Gasteiger partial charge on any atom is -0.393 e. The van der Waals surface area contributed by atoms with Crippen molar-refractivity contribution in [3.63, 3.8) is 0 Å². The van der Waals surface area contributed by atoms with Crippen LogP contribution < -0.4 is 0 Å². The lowest BCUT2D eigenvalue weighted by Gasteiger charge is -2.04. The van der Waals surface area contributed by atoms with Gasteiger partial charge in [0.25, 0.3) is 0 Å². The molecule has 0 aromatic rings. The first-order chi connectivity index (χ1) is 5.22. The van der Waals surface area contributed by atoms with Gasteiger partial charge in [0, 0.05) is 5.92 Å². The molecule has 0 radical (unpaired) electrons. The van der Waals surface area contributed by atoms with E-state index in [9.17, 15) is 0 Å². The molecule has 0 amide bonds. The van der Waals surface area contributed by atoms with Gasteiger partial charge in [-0.15, -0.1) is 0 Å². The van der Waals surface area contributed by atoms with Gasteiger partial charge in [-0.2, -0.15) is 0 Å². The Morgan fingerprint density at radius 2 is 2.27 bits per heavy atom. The van der Waals surface area contributed by atoms with Crippen LogP contribution in [0.5, 0.6) is 0 Å². The fourth-order valence-corrected chi connectivity index (χ4v) is 0.430. The fraction of sp³-hybridized carbons (Fsp3) is 0.625. The van der Waals surface area contributed by atoms with Crippen molar-refractivity contribution in [1.29, 1.82) is 0 Å². The second-order valence-electron chi connectivity index (χ2n) is 2.22. The molecule has 3 nitrogen and oxygen atoms in total. The SMILES string of the molecule is C#CO/C(=N\OCC)C(C)C. The third-order valence-electron chi connectivity index (χ3n) is 0.941. The molecule has 0 N–H and O–H groups in total. The molecule has 0 aliphatic carbocycles. The highest BCUT2D eigenvalue weighted by atomic mass is 16.6. The second kappa shape index (κ2) is 5.60. The zero-order valence-electron chi connectivity index (χ0n) is 7.13. The number of hydrogen-bond donors (Lipinski definition) is 0. The van der Waals surface area contributed by atoms with E-state index in [2.05, 4.69) is 5.16 Å². The summed E-state index contributed by atoms with van der Waals surface area (Å²) in [7, 11) is 0. The molecular weight excluding hydrogens is 142 g/mol. The maximum atomic E-state index is 4.93. The van der Waals surface area contributed by atoms with E-state index in [0.717, 1.165) is 0 Å². The van der Waals surface area contributed by atoms with Crippen LogP contribution in [0.4, 0.5) is 0 Å². The van der Waals surface area contributed by atoms with Crippen LogP contribution in [0, 0.1) is 18.4 Å². The van der Waals surface area contributed by atoms with Crippen LogP contribution in [0.1, 0.15) is 20.8 Å². The van der Waals surface area contributed by atoms with Gasteiger partial charge in [-0.05, 0) is 6.92 Å². The summed E-state index contributed by atoms with van der Waals surface area (Å²) in [6.07, 6.45) is 6.98. The van der Waals surface area contributed by atoms with Crippen LogP contribution in [-0.2, 0) is 9.57 Å². The van der Waals surface area contributed by atoms with Crippen molar-refractivity contribution in [2.24, 2.45) is 11.1 Å². The minimum absolute atomic E-state index is 0.151. The highest BCUT2D eigenvalue weighted by Crippen LogP contribution is 1.98. The van der Waals surface area contributed by atoms with Crippen molar-refractivity contribution in [1.82, 2.24) is 0 Å². The molecule has 0 spiro atoms. The van der Waals surface area contributed by atoms with Gasteiger partial charge in [-0.1, -0.05) is 25.4 Å². The first-order valence-electron chi connectivity index (χ1n) is 3.54. The third-order valence-corrected chi connectivity index (χ3v) is 0.941. The van der Waals surface area contributed by atoms with Gasteiger partial charge in [0.2, 0.25) is 5.90 Å². The summed E-state index contributed by atoms with van der Waals surface area (Å²) in [6.45, 7) is 6.21. The average molecular weight is 155 g/mol. The van der Waals surface area contributed by atoms with Crippen LogP contribution in [0.15, 0.2) is 5.16 Å². The molecule has 0 fully saturated rings. The van der Waals surface area contributed by atoms with E-state index in [1.807, 2.05) is 26.9 Å². The van der Waals surface area contributed by atoms with Gasteiger partial charge in [-0.25, -0.2) is 0 Å². The molecule has 0 saturated heterocycles. The Morgan fingerprint density at radius 3 is 2.64 bits per heavy atom. The Kier molecular flexibility index (Phi) is 5.01. The normalized spacial score (nSPS) is 11.0. The number of oxime groups is 1. The van der Waals surface area contributed by atoms with Gasteiger partial charge in [0.05, 0.1) is 0 Å². The van der Waals surface area contributed by atoms with Crippen LogP contribution in [-0.4, -0.2) is 12.5 Å². The number of hydrogen-bond acceptors (Lipinski definition) is 3. The Labute approximate surface area is 67.4 Å². The number of terminal acetylenes is 1. The molecule has 0 rings (SSSR count). The highest BCUT2D eigenvalue weighted by Gasteiger charge is 2.05. The summed E-state index contributed by atoms with van der Waals surface area (Å²) in [6, 6.07) is 0. The summed E-state index contributed by atoms with van der Waals surface area (Å²) in [4.78, 5) is 4.78. The first kappa shape index (κ1) is 9.83. The molecule has 0 bridgehead atoms. The molecule has 0 aromatic carbocycles. The largest absolute Gasteiger partial charge is 0.393 e. The Morgan fingerprint density at radius 1 is 1.64 bits per heavy atom. The number of ether oxygens (including phenoxy) is 1.